The summed E-state index contributed by atoms with van der Waals surface area (Å²) in [7, 11) is 0. The summed E-state index contributed by atoms with van der Waals surface area (Å²) in [6.07, 6.45) is 5.09. The van der Waals surface area contributed by atoms with E-state index in [1.54, 1.807) is 4.90 Å². The van der Waals surface area contributed by atoms with Gasteiger partial charge in [0.15, 0.2) is 0 Å². The van der Waals surface area contributed by atoms with Crippen molar-refractivity contribution in [3.05, 3.63) is 35.9 Å². The van der Waals surface area contributed by atoms with Gasteiger partial charge in [0.1, 0.15) is 0 Å². The third kappa shape index (κ3) is 4.87. The zero-order chi connectivity index (χ0) is 19.2. The van der Waals surface area contributed by atoms with Crippen molar-refractivity contribution in [2.45, 2.75) is 64.1 Å². The van der Waals surface area contributed by atoms with Crippen LogP contribution in [0.15, 0.2) is 30.3 Å². The van der Waals surface area contributed by atoms with E-state index in [-0.39, 0.29) is 24.4 Å². The molecule has 6 nitrogen and oxygen atoms in total. The van der Waals surface area contributed by atoms with Gasteiger partial charge in [-0.05, 0) is 24.8 Å². The van der Waals surface area contributed by atoms with Crippen LogP contribution in [0.3, 0.4) is 0 Å². The number of hydrogen-bond donors (Lipinski definition) is 1. The van der Waals surface area contributed by atoms with E-state index in [2.05, 4.69) is 5.32 Å². The molecule has 0 spiro atoms. The Hall–Kier alpha value is -2.37. The standard InChI is InChI=1S/C21H29N3O3/c1-2-18-15-23(21(27)20(26)22-17-10-6-7-11-17)13-12-19(25)24(18)14-16-8-4-3-5-9-16/h3-5,8-9,17-18H,2,6-7,10-15H2,1H3,(H,22,26)/t18-/m0/s1. The van der Waals surface area contributed by atoms with Gasteiger partial charge in [0.05, 0.1) is 0 Å². The van der Waals surface area contributed by atoms with Gasteiger partial charge in [-0.25, -0.2) is 0 Å². The molecule has 27 heavy (non-hydrogen) atoms. The largest absolute Gasteiger partial charge is 0.345 e. The molecule has 2 aliphatic rings. The first-order chi connectivity index (χ1) is 13.1. The Bertz CT molecular complexity index is 671. The predicted molar refractivity (Wildman–Crippen MR) is 103 cm³/mol. The number of hydrogen-bond acceptors (Lipinski definition) is 3. The van der Waals surface area contributed by atoms with Gasteiger partial charge >= 0.3 is 11.8 Å². The van der Waals surface area contributed by atoms with Crippen molar-refractivity contribution >= 4 is 17.7 Å². The van der Waals surface area contributed by atoms with Gasteiger partial charge in [-0.15, -0.1) is 0 Å². The molecule has 0 bridgehead atoms. The van der Waals surface area contributed by atoms with Crippen LogP contribution in [0.25, 0.3) is 0 Å². The highest BCUT2D eigenvalue weighted by Crippen LogP contribution is 2.19. The molecule has 6 heteroatoms. The molecule has 1 heterocycles. The van der Waals surface area contributed by atoms with Crippen LogP contribution in [0.5, 0.6) is 0 Å². The van der Waals surface area contributed by atoms with Crippen LogP contribution in [0, 0.1) is 0 Å². The number of benzene rings is 1. The van der Waals surface area contributed by atoms with Crippen LogP contribution in [0.2, 0.25) is 0 Å². The second-order valence-electron chi connectivity index (χ2n) is 7.53. The zero-order valence-electron chi connectivity index (χ0n) is 16.0. The number of carbonyl (C=O) groups is 3. The smallest absolute Gasteiger partial charge is 0.311 e. The lowest BCUT2D eigenvalue weighted by Gasteiger charge is -2.31. The molecule has 1 N–H and O–H groups in total. The second-order valence-corrected chi connectivity index (χ2v) is 7.53. The number of nitrogens with zero attached hydrogens (tertiary/aromatic N) is 2. The van der Waals surface area contributed by atoms with Gasteiger partial charge in [0, 0.05) is 38.1 Å². The van der Waals surface area contributed by atoms with Gasteiger partial charge in [-0.3, -0.25) is 14.4 Å². The van der Waals surface area contributed by atoms with E-state index in [9.17, 15) is 14.4 Å². The van der Waals surface area contributed by atoms with Crippen LogP contribution >= 0.6 is 0 Å². The third-order valence-electron chi connectivity index (χ3n) is 5.63. The molecule has 0 aromatic heterocycles. The van der Waals surface area contributed by atoms with Crippen LogP contribution in [-0.2, 0) is 20.9 Å². The fraction of sp³-hybridized carbons (Fsp3) is 0.571. The van der Waals surface area contributed by atoms with Gasteiger partial charge in [-0.2, -0.15) is 0 Å². The molecule has 1 saturated carbocycles. The van der Waals surface area contributed by atoms with E-state index >= 15 is 0 Å². The molecule has 1 aromatic carbocycles. The monoisotopic (exact) mass is 371 g/mol. The molecule has 1 aromatic rings. The minimum atomic E-state index is -0.527. The first-order valence-corrected chi connectivity index (χ1v) is 10.0. The van der Waals surface area contributed by atoms with Crippen molar-refractivity contribution in [2.24, 2.45) is 0 Å². The first kappa shape index (κ1) is 19.4. The Morgan fingerprint density at radius 2 is 1.85 bits per heavy atom. The van der Waals surface area contributed by atoms with E-state index in [1.165, 1.54) is 0 Å². The summed E-state index contributed by atoms with van der Waals surface area (Å²) in [6, 6.07) is 9.92. The summed E-state index contributed by atoms with van der Waals surface area (Å²) in [5.74, 6) is -0.993. The van der Waals surface area contributed by atoms with Gasteiger partial charge < -0.3 is 15.1 Å². The fourth-order valence-electron chi connectivity index (χ4n) is 4.01. The molecular formula is C21H29N3O3. The highest BCUT2D eigenvalue weighted by molar-refractivity contribution is 6.35. The quantitative estimate of drug-likeness (QED) is 0.824. The van der Waals surface area contributed by atoms with Crippen molar-refractivity contribution in [1.82, 2.24) is 15.1 Å². The van der Waals surface area contributed by atoms with Crippen molar-refractivity contribution in [3.63, 3.8) is 0 Å². The summed E-state index contributed by atoms with van der Waals surface area (Å²) >= 11 is 0. The van der Waals surface area contributed by atoms with Gasteiger partial charge in [-0.1, -0.05) is 50.1 Å². The molecule has 1 aliphatic carbocycles. The summed E-state index contributed by atoms with van der Waals surface area (Å²) in [5.41, 5.74) is 1.07. The normalized spacial score (nSPS) is 21.2. The number of rotatable bonds is 4. The van der Waals surface area contributed by atoms with Crippen LogP contribution in [0.1, 0.15) is 51.0 Å². The van der Waals surface area contributed by atoms with E-state index in [0.717, 1.165) is 37.7 Å². The van der Waals surface area contributed by atoms with Crippen molar-refractivity contribution in [1.29, 1.82) is 0 Å². The van der Waals surface area contributed by atoms with E-state index < -0.39 is 11.8 Å². The van der Waals surface area contributed by atoms with E-state index in [4.69, 9.17) is 0 Å². The van der Waals surface area contributed by atoms with E-state index in [0.29, 0.717) is 19.6 Å². The molecule has 1 saturated heterocycles. The lowest BCUT2D eigenvalue weighted by Crippen LogP contribution is -2.49. The Kier molecular flexibility index (Phi) is 6.48. The summed E-state index contributed by atoms with van der Waals surface area (Å²) in [4.78, 5) is 41.1. The number of amides is 3. The Morgan fingerprint density at radius 1 is 1.15 bits per heavy atom. The lowest BCUT2D eigenvalue weighted by atomic mass is 10.1. The predicted octanol–water partition coefficient (Wildman–Crippen LogP) is 2.08. The zero-order valence-corrected chi connectivity index (χ0v) is 16.0. The molecule has 1 aliphatic heterocycles. The van der Waals surface area contributed by atoms with E-state index in [1.807, 2.05) is 42.2 Å². The molecule has 3 rings (SSSR count). The van der Waals surface area contributed by atoms with Gasteiger partial charge in [0.25, 0.3) is 0 Å². The summed E-state index contributed by atoms with van der Waals surface area (Å²) in [6.45, 7) is 3.26. The molecule has 0 unspecified atom stereocenters. The fourth-order valence-corrected chi connectivity index (χ4v) is 4.01. The number of carbonyl (C=O) groups excluding carboxylic acids is 3. The minimum Gasteiger partial charge on any atom is -0.345 e. The third-order valence-corrected chi connectivity index (χ3v) is 5.63. The average molecular weight is 371 g/mol. The van der Waals surface area contributed by atoms with Crippen molar-refractivity contribution in [2.75, 3.05) is 13.1 Å². The van der Waals surface area contributed by atoms with Crippen molar-refractivity contribution in [3.8, 4) is 0 Å². The average Bonchev–Trinajstić information content (AvgIpc) is 3.14. The number of nitrogens with one attached hydrogen (secondary N) is 1. The SMILES string of the molecule is CC[C@H]1CN(C(=O)C(=O)NC2CCCC2)CCC(=O)N1Cc1ccccc1. The molecule has 1 atom stereocenters. The molecule has 146 valence electrons. The highest BCUT2D eigenvalue weighted by atomic mass is 16.2. The lowest BCUT2D eigenvalue weighted by molar-refractivity contribution is -0.146. The minimum absolute atomic E-state index is 0.0391. The molecular weight excluding hydrogens is 342 g/mol. The molecule has 2 fully saturated rings. The summed E-state index contributed by atoms with van der Waals surface area (Å²) in [5, 5.41) is 2.86. The maximum Gasteiger partial charge on any atom is 0.311 e. The second kappa shape index (κ2) is 9.02. The Balaban J connectivity index is 1.66. The van der Waals surface area contributed by atoms with Gasteiger partial charge in [0.2, 0.25) is 5.91 Å². The Labute approximate surface area is 160 Å². The maximum atomic E-state index is 12.7. The first-order valence-electron chi connectivity index (χ1n) is 10.0. The molecule has 3 amide bonds. The maximum absolute atomic E-state index is 12.7. The topological polar surface area (TPSA) is 69.7 Å². The summed E-state index contributed by atoms with van der Waals surface area (Å²) < 4.78 is 0. The van der Waals surface area contributed by atoms with Crippen molar-refractivity contribution < 1.29 is 14.4 Å². The Morgan fingerprint density at radius 3 is 2.52 bits per heavy atom. The molecule has 0 radical (unpaired) electrons. The van der Waals surface area contributed by atoms with Crippen LogP contribution in [0.4, 0.5) is 0 Å². The van der Waals surface area contributed by atoms with Crippen LogP contribution in [-0.4, -0.2) is 52.7 Å². The highest BCUT2D eigenvalue weighted by Gasteiger charge is 2.33. The van der Waals surface area contributed by atoms with Crippen LogP contribution < -0.4 is 5.32 Å².